The average molecular weight is 636 g/mol. The van der Waals surface area contributed by atoms with E-state index < -0.39 is 0 Å². The summed E-state index contributed by atoms with van der Waals surface area (Å²) < 4.78 is 4.32. The number of hydrogen-bond acceptors (Lipinski definition) is 3. The molecule has 0 saturated heterocycles. The molecule has 230 valence electrons. The molecular formula is C45H25N5. The van der Waals surface area contributed by atoms with Crippen LogP contribution in [0.2, 0.25) is 0 Å². The Hall–Kier alpha value is -7.39. The van der Waals surface area contributed by atoms with Crippen molar-refractivity contribution >= 4 is 43.6 Å². The fraction of sp³-hybridized carbons (Fsp3) is 0. The van der Waals surface area contributed by atoms with Crippen LogP contribution in [-0.2, 0) is 0 Å². The zero-order valence-corrected chi connectivity index (χ0v) is 26.7. The van der Waals surface area contributed by atoms with Crippen molar-refractivity contribution < 1.29 is 0 Å². The Morgan fingerprint density at radius 3 is 1.60 bits per heavy atom. The number of nitrogens with zero attached hydrogens (tertiary/aromatic N) is 5. The van der Waals surface area contributed by atoms with E-state index in [-0.39, 0.29) is 0 Å². The first kappa shape index (κ1) is 28.8. The third-order valence-corrected chi connectivity index (χ3v) is 9.65. The van der Waals surface area contributed by atoms with E-state index in [9.17, 15) is 15.8 Å². The molecule has 5 heteroatoms. The van der Waals surface area contributed by atoms with Crippen LogP contribution in [0.15, 0.2) is 152 Å². The second-order valence-electron chi connectivity index (χ2n) is 12.3. The Morgan fingerprint density at radius 2 is 0.940 bits per heavy atom. The molecule has 9 rings (SSSR count). The van der Waals surface area contributed by atoms with Crippen molar-refractivity contribution in [2.75, 3.05) is 0 Å². The summed E-state index contributed by atoms with van der Waals surface area (Å²) in [4.78, 5) is 0. The van der Waals surface area contributed by atoms with Gasteiger partial charge in [0.05, 0.1) is 56.2 Å². The summed E-state index contributed by atoms with van der Waals surface area (Å²) in [7, 11) is 0. The van der Waals surface area contributed by atoms with Crippen molar-refractivity contribution in [1.82, 2.24) is 9.13 Å². The number of nitriles is 3. The first-order chi connectivity index (χ1) is 24.7. The van der Waals surface area contributed by atoms with Gasteiger partial charge in [-0.1, -0.05) is 97.1 Å². The Kier molecular flexibility index (Phi) is 6.56. The number of aromatic nitrogens is 2. The maximum absolute atomic E-state index is 10.6. The van der Waals surface area contributed by atoms with Gasteiger partial charge in [-0.3, -0.25) is 0 Å². The van der Waals surface area contributed by atoms with Gasteiger partial charge in [0.15, 0.2) is 0 Å². The van der Waals surface area contributed by atoms with E-state index in [1.54, 1.807) is 0 Å². The van der Waals surface area contributed by atoms with Crippen LogP contribution in [0.4, 0.5) is 0 Å². The molecule has 0 aliphatic rings. The van der Waals surface area contributed by atoms with Crippen molar-refractivity contribution in [2.45, 2.75) is 0 Å². The molecule has 0 radical (unpaired) electrons. The normalized spacial score (nSPS) is 11.1. The molecule has 0 N–H and O–H groups in total. The summed E-state index contributed by atoms with van der Waals surface area (Å²) in [5.74, 6) is 0. The van der Waals surface area contributed by atoms with Gasteiger partial charge in [0.2, 0.25) is 0 Å². The van der Waals surface area contributed by atoms with Gasteiger partial charge in [0, 0.05) is 27.1 Å². The van der Waals surface area contributed by atoms with E-state index in [1.165, 1.54) is 0 Å². The monoisotopic (exact) mass is 635 g/mol. The number of hydrogen-bond donors (Lipinski definition) is 0. The van der Waals surface area contributed by atoms with Crippen LogP contribution in [0.5, 0.6) is 0 Å². The molecule has 5 nitrogen and oxygen atoms in total. The highest BCUT2D eigenvalue weighted by molar-refractivity contribution is 6.11. The van der Waals surface area contributed by atoms with Crippen LogP contribution in [0.1, 0.15) is 16.7 Å². The van der Waals surface area contributed by atoms with Gasteiger partial charge in [-0.2, -0.15) is 15.8 Å². The van der Waals surface area contributed by atoms with Crippen LogP contribution in [-0.4, -0.2) is 9.13 Å². The highest BCUT2D eigenvalue weighted by Crippen LogP contribution is 2.42. The lowest BCUT2D eigenvalue weighted by Crippen LogP contribution is -2.02. The lowest BCUT2D eigenvalue weighted by molar-refractivity contribution is 1.17. The summed E-state index contributed by atoms with van der Waals surface area (Å²) in [6.07, 6.45) is 0. The van der Waals surface area contributed by atoms with E-state index in [0.717, 1.165) is 77.2 Å². The van der Waals surface area contributed by atoms with Crippen LogP contribution in [0.25, 0.3) is 77.2 Å². The molecule has 0 fully saturated rings. The third-order valence-electron chi connectivity index (χ3n) is 9.65. The predicted molar refractivity (Wildman–Crippen MR) is 200 cm³/mol. The SMILES string of the molecule is N#Cc1ccc2c(c1)c1ccccc1n2-c1c(C#N)cccc1-c1ccccc1-c1ccc(-n2c3ccccc3c3ccccc32)c(C#N)c1. The minimum Gasteiger partial charge on any atom is -0.308 e. The van der Waals surface area contributed by atoms with Crippen molar-refractivity contribution in [1.29, 1.82) is 15.8 Å². The number of fused-ring (bicyclic) bond motifs is 6. The Labute approximate surface area is 287 Å². The number of para-hydroxylation sites is 4. The third kappa shape index (κ3) is 4.24. The van der Waals surface area contributed by atoms with Crippen LogP contribution < -0.4 is 0 Å². The minimum atomic E-state index is 0.531. The molecule has 0 saturated carbocycles. The number of benzene rings is 7. The molecule has 0 aliphatic carbocycles. The van der Waals surface area contributed by atoms with Crippen LogP contribution >= 0.6 is 0 Å². The Bertz CT molecular complexity index is 2920. The highest BCUT2D eigenvalue weighted by atomic mass is 15.0. The molecule has 0 atom stereocenters. The van der Waals surface area contributed by atoms with Gasteiger partial charge in [-0.15, -0.1) is 0 Å². The summed E-state index contributed by atoms with van der Waals surface area (Å²) >= 11 is 0. The van der Waals surface area contributed by atoms with E-state index in [0.29, 0.717) is 16.7 Å². The standard InChI is InChI=1S/C45H25N5/c46-26-29-20-22-44-39(24-29)37-15-5-8-19-43(37)50(44)45-31(27-47)10-9-16-38(45)34-12-2-1-11-33(34)30-21-23-40(32(25-30)28-48)49-41-17-6-3-13-35(41)36-14-4-7-18-42(36)49/h1-25H. The fourth-order valence-electron chi connectivity index (χ4n) is 7.52. The van der Waals surface area contributed by atoms with E-state index in [2.05, 4.69) is 88.0 Å². The Morgan fingerprint density at radius 1 is 0.380 bits per heavy atom. The summed E-state index contributed by atoms with van der Waals surface area (Å²) in [5.41, 5.74) is 10.9. The smallest absolute Gasteiger partial charge is 0.101 e. The lowest BCUT2D eigenvalue weighted by atomic mass is 9.91. The van der Waals surface area contributed by atoms with E-state index in [1.807, 2.05) is 91.0 Å². The number of rotatable bonds is 4. The van der Waals surface area contributed by atoms with Crippen LogP contribution in [0.3, 0.4) is 0 Å². The van der Waals surface area contributed by atoms with Gasteiger partial charge < -0.3 is 9.13 Å². The maximum Gasteiger partial charge on any atom is 0.101 e. The molecule has 2 heterocycles. The minimum absolute atomic E-state index is 0.531. The fourth-order valence-corrected chi connectivity index (χ4v) is 7.52. The van der Waals surface area contributed by atoms with Crippen molar-refractivity contribution in [3.8, 4) is 51.8 Å². The largest absolute Gasteiger partial charge is 0.308 e. The zero-order chi connectivity index (χ0) is 33.8. The van der Waals surface area contributed by atoms with Crippen LogP contribution in [0, 0.1) is 34.0 Å². The molecule has 0 bridgehead atoms. The second-order valence-corrected chi connectivity index (χ2v) is 12.3. The highest BCUT2D eigenvalue weighted by Gasteiger charge is 2.22. The molecule has 0 amide bonds. The molecular weight excluding hydrogens is 611 g/mol. The van der Waals surface area contributed by atoms with Gasteiger partial charge in [-0.05, 0) is 71.3 Å². The first-order valence-corrected chi connectivity index (χ1v) is 16.3. The zero-order valence-electron chi connectivity index (χ0n) is 26.7. The molecule has 0 aliphatic heterocycles. The molecule has 7 aromatic carbocycles. The van der Waals surface area contributed by atoms with Crippen molar-refractivity contribution in [2.24, 2.45) is 0 Å². The predicted octanol–water partition coefficient (Wildman–Crippen LogP) is 10.8. The summed E-state index contributed by atoms with van der Waals surface area (Å²) in [6.45, 7) is 0. The topological polar surface area (TPSA) is 81.2 Å². The lowest BCUT2D eigenvalue weighted by Gasteiger charge is -2.19. The second kappa shape index (κ2) is 11.4. The van der Waals surface area contributed by atoms with Gasteiger partial charge in [0.25, 0.3) is 0 Å². The van der Waals surface area contributed by atoms with Gasteiger partial charge >= 0.3 is 0 Å². The van der Waals surface area contributed by atoms with Crippen molar-refractivity contribution in [3.63, 3.8) is 0 Å². The molecule has 50 heavy (non-hydrogen) atoms. The molecule has 0 unspecified atom stereocenters. The van der Waals surface area contributed by atoms with E-state index >= 15 is 0 Å². The van der Waals surface area contributed by atoms with Crippen molar-refractivity contribution in [3.05, 3.63) is 168 Å². The molecule has 2 aromatic heterocycles. The molecule has 0 spiro atoms. The van der Waals surface area contributed by atoms with Gasteiger partial charge in [0.1, 0.15) is 12.1 Å². The quantitative estimate of drug-likeness (QED) is 0.193. The summed E-state index contributed by atoms with van der Waals surface area (Å²) in [6, 6.07) is 57.7. The summed E-state index contributed by atoms with van der Waals surface area (Å²) in [5, 5.41) is 35.0. The first-order valence-electron chi connectivity index (χ1n) is 16.3. The average Bonchev–Trinajstić information content (AvgIpc) is 3.69. The maximum atomic E-state index is 10.6. The van der Waals surface area contributed by atoms with Gasteiger partial charge in [-0.25, -0.2) is 0 Å². The van der Waals surface area contributed by atoms with E-state index in [4.69, 9.17) is 0 Å². The Balaban J connectivity index is 1.28. The molecule has 9 aromatic rings.